The molecule has 0 atom stereocenters. The SMILES string of the molecule is COCCNC(=O)COc1c(Br)cc(CN)cc1Br. The Morgan fingerprint density at radius 2 is 2.00 bits per heavy atom. The Morgan fingerprint density at radius 1 is 1.37 bits per heavy atom. The monoisotopic (exact) mass is 394 g/mol. The van der Waals surface area contributed by atoms with Crippen molar-refractivity contribution in [1.29, 1.82) is 0 Å². The zero-order valence-corrected chi connectivity index (χ0v) is 13.7. The van der Waals surface area contributed by atoms with E-state index in [-0.39, 0.29) is 12.5 Å². The Morgan fingerprint density at radius 3 is 2.53 bits per heavy atom. The zero-order chi connectivity index (χ0) is 14.3. The highest BCUT2D eigenvalue weighted by molar-refractivity contribution is 9.11. The molecule has 106 valence electrons. The van der Waals surface area contributed by atoms with Gasteiger partial charge < -0.3 is 20.5 Å². The molecule has 1 aromatic carbocycles. The van der Waals surface area contributed by atoms with Gasteiger partial charge in [-0.05, 0) is 49.6 Å². The fraction of sp³-hybridized carbons (Fsp3) is 0.417. The smallest absolute Gasteiger partial charge is 0.258 e. The van der Waals surface area contributed by atoms with Crippen molar-refractivity contribution in [2.75, 3.05) is 26.9 Å². The molecule has 0 fully saturated rings. The maximum absolute atomic E-state index is 11.5. The van der Waals surface area contributed by atoms with Crippen LogP contribution < -0.4 is 15.8 Å². The van der Waals surface area contributed by atoms with Crippen molar-refractivity contribution in [2.24, 2.45) is 5.73 Å². The Hall–Kier alpha value is -0.630. The number of ether oxygens (including phenoxy) is 2. The molecule has 0 radical (unpaired) electrons. The average molecular weight is 396 g/mol. The summed E-state index contributed by atoms with van der Waals surface area (Å²) < 4.78 is 11.8. The van der Waals surface area contributed by atoms with Gasteiger partial charge in [0, 0.05) is 20.2 Å². The quantitative estimate of drug-likeness (QED) is 0.690. The molecule has 19 heavy (non-hydrogen) atoms. The number of amides is 1. The summed E-state index contributed by atoms with van der Waals surface area (Å²) in [6, 6.07) is 3.73. The maximum Gasteiger partial charge on any atom is 0.258 e. The van der Waals surface area contributed by atoms with Gasteiger partial charge in [0.1, 0.15) is 5.75 Å². The third kappa shape index (κ3) is 5.48. The van der Waals surface area contributed by atoms with Crippen LogP contribution in [0.15, 0.2) is 21.1 Å². The normalized spacial score (nSPS) is 10.3. The van der Waals surface area contributed by atoms with Crippen LogP contribution in [-0.2, 0) is 16.1 Å². The van der Waals surface area contributed by atoms with E-state index in [1.54, 1.807) is 7.11 Å². The second kappa shape index (κ2) is 8.52. The molecule has 3 N–H and O–H groups in total. The van der Waals surface area contributed by atoms with Gasteiger partial charge in [0.25, 0.3) is 5.91 Å². The number of rotatable bonds is 7. The van der Waals surface area contributed by atoms with Crippen molar-refractivity contribution in [3.05, 3.63) is 26.6 Å². The lowest BCUT2D eigenvalue weighted by Gasteiger charge is -2.11. The third-order valence-electron chi connectivity index (χ3n) is 2.27. The van der Waals surface area contributed by atoms with Crippen LogP contribution in [0.5, 0.6) is 5.75 Å². The molecule has 0 unspecified atom stereocenters. The number of halogens is 2. The number of hydrogen-bond acceptors (Lipinski definition) is 4. The molecule has 0 aromatic heterocycles. The molecule has 1 aromatic rings. The largest absolute Gasteiger partial charge is 0.481 e. The van der Waals surface area contributed by atoms with E-state index in [1.165, 1.54) is 0 Å². The summed E-state index contributed by atoms with van der Waals surface area (Å²) in [7, 11) is 1.58. The van der Waals surface area contributed by atoms with Gasteiger partial charge in [-0.2, -0.15) is 0 Å². The molecule has 0 spiro atoms. The lowest BCUT2D eigenvalue weighted by atomic mass is 10.2. The number of carbonyl (C=O) groups is 1. The zero-order valence-electron chi connectivity index (χ0n) is 10.5. The molecular weight excluding hydrogens is 380 g/mol. The minimum Gasteiger partial charge on any atom is -0.481 e. The predicted octanol–water partition coefficient (Wildman–Crippen LogP) is 1.81. The van der Waals surface area contributed by atoms with Gasteiger partial charge in [0.15, 0.2) is 6.61 Å². The highest BCUT2D eigenvalue weighted by Gasteiger charge is 2.10. The first-order valence-corrected chi connectivity index (χ1v) is 7.23. The Balaban J connectivity index is 2.55. The molecule has 0 saturated heterocycles. The second-order valence-corrected chi connectivity index (χ2v) is 5.43. The van der Waals surface area contributed by atoms with E-state index >= 15 is 0 Å². The summed E-state index contributed by atoms with van der Waals surface area (Å²) in [6.45, 7) is 1.33. The number of carbonyl (C=O) groups excluding carboxylic acids is 1. The summed E-state index contributed by atoms with van der Waals surface area (Å²) in [5.74, 6) is 0.387. The van der Waals surface area contributed by atoms with Crippen molar-refractivity contribution in [2.45, 2.75) is 6.54 Å². The molecule has 1 rings (SSSR count). The van der Waals surface area contributed by atoms with E-state index < -0.39 is 0 Å². The summed E-state index contributed by atoms with van der Waals surface area (Å²) in [5, 5.41) is 2.68. The van der Waals surface area contributed by atoms with Gasteiger partial charge in [0.05, 0.1) is 15.6 Å². The van der Waals surface area contributed by atoms with Crippen molar-refractivity contribution in [1.82, 2.24) is 5.32 Å². The van der Waals surface area contributed by atoms with Crippen LogP contribution in [0, 0.1) is 0 Å². The molecule has 0 bridgehead atoms. The first-order valence-electron chi connectivity index (χ1n) is 5.65. The van der Waals surface area contributed by atoms with E-state index in [1.807, 2.05) is 12.1 Å². The van der Waals surface area contributed by atoms with Gasteiger partial charge in [-0.15, -0.1) is 0 Å². The van der Waals surface area contributed by atoms with Crippen LogP contribution >= 0.6 is 31.9 Å². The molecule has 0 heterocycles. The van der Waals surface area contributed by atoms with Crippen LogP contribution in [0.1, 0.15) is 5.56 Å². The number of methoxy groups -OCH3 is 1. The van der Waals surface area contributed by atoms with Crippen LogP contribution in [-0.4, -0.2) is 32.8 Å². The summed E-state index contributed by atoms with van der Waals surface area (Å²) in [4.78, 5) is 11.5. The minimum absolute atomic E-state index is 0.0527. The van der Waals surface area contributed by atoms with Crippen molar-refractivity contribution >= 4 is 37.8 Å². The van der Waals surface area contributed by atoms with Gasteiger partial charge in [-0.1, -0.05) is 0 Å². The summed E-state index contributed by atoms with van der Waals surface area (Å²) in [6.07, 6.45) is 0. The molecule has 1 amide bonds. The standard InChI is InChI=1S/C12H16Br2N2O3/c1-18-3-2-16-11(17)7-19-12-9(13)4-8(6-15)5-10(12)14/h4-5H,2-3,6-7,15H2,1H3,(H,16,17). The van der Waals surface area contributed by atoms with Gasteiger partial charge in [0.2, 0.25) is 0 Å². The molecule has 0 aliphatic rings. The van der Waals surface area contributed by atoms with Crippen LogP contribution in [0.4, 0.5) is 0 Å². The Labute approximate surface area is 129 Å². The highest BCUT2D eigenvalue weighted by atomic mass is 79.9. The number of benzene rings is 1. The fourth-order valence-electron chi connectivity index (χ4n) is 1.35. The van der Waals surface area contributed by atoms with E-state index in [4.69, 9.17) is 15.2 Å². The predicted molar refractivity (Wildman–Crippen MR) is 80.1 cm³/mol. The first kappa shape index (κ1) is 16.4. The molecular formula is C12H16Br2N2O3. The van der Waals surface area contributed by atoms with E-state index in [9.17, 15) is 4.79 Å². The average Bonchev–Trinajstić information content (AvgIpc) is 2.37. The van der Waals surface area contributed by atoms with Crippen molar-refractivity contribution in [3.8, 4) is 5.75 Å². The Kier molecular flexibility index (Phi) is 7.37. The van der Waals surface area contributed by atoms with Crippen LogP contribution in [0.2, 0.25) is 0 Å². The second-order valence-electron chi connectivity index (χ2n) is 3.72. The lowest BCUT2D eigenvalue weighted by Crippen LogP contribution is -2.31. The van der Waals surface area contributed by atoms with Crippen molar-refractivity contribution in [3.63, 3.8) is 0 Å². The third-order valence-corrected chi connectivity index (χ3v) is 3.45. The number of nitrogens with two attached hydrogens (primary N) is 1. The van der Waals surface area contributed by atoms with Gasteiger partial charge >= 0.3 is 0 Å². The molecule has 5 nitrogen and oxygen atoms in total. The molecule has 0 aliphatic carbocycles. The van der Waals surface area contributed by atoms with Gasteiger partial charge in [-0.3, -0.25) is 4.79 Å². The number of hydrogen-bond donors (Lipinski definition) is 2. The lowest BCUT2D eigenvalue weighted by molar-refractivity contribution is -0.123. The minimum atomic E-state index is -0.196. The van der Waals surface area contributed by atoms with Crippen molar-refractivity contribution < 1.29 is 14.3 Å². The summed E-state index contributed by atoms with van der Waals surface area (Å²) in [5.41, 5.74) is 6.54. The maximum atomic E-state index is 11.5. The van der Waals surface area contributed by atoms with E-state index in [2.05, 4.69) is 37.2 Å². The van der Waals surface area contributed by atoms with E-state index in [0.717, 1.165) is 14.5 Å². The topological polar surface area (TPSA) is 73.6 Å². The highest BCUT2D eigenvalue weighted by Crippen LogP contribution is 2.34. The van der Waals surface area contributed by atoms with E-state index in [0.29, 0.717) is 25.4 Å². The fourth-order valence-corrected chi connectivity index (χ4v) is 2.86. The Bertz CT molecular complexity index is 418. The first-order chi connectivity index (χ1) is 9.08. The van der Waals surface area contributed by atoms with Gasteiger partial charge in [-0.25, -0.2) is 0 Å². The summed E-state index contributed by atoms with van der Waals surface area (Å²) >= 11 is 6.78. The number of nitrogens with one attached hydrogen (secondary N) is 1. The van der Waals surface area contributed by atoms with Crippen LogP contribution in [0.25, 0.3) is 0 Å². The van der Waals surface area contributed by atoms with Crippen LogP contribution in [0.3, 0.4) is 0 Å². The molecule has 7 heteroatoms. The molecule has 0 saturated carbocycles. The molecule has 0 aliphatic heterocycles.